The maximum absolute atomic E-state index is 5.33. The Bertz CT molecular complexity index is 1170. The lowest BCUT2D eigenvalue weighted by molar-refractivity contribution is 0.0327. The van der Waals surface area contributed by atoms with E-state index in [1.807, 2.05) is 35.4 Å². The fraction of sp³-hybridized carbons (Fsp3) is 0.400. The Labute approximate surface area is 161 Å². The molecule has 4 heterocycles. The van der Waals surface area contributed by atoms with E-state index < -0.39 is 0 Å². The van der Waals surface area contributed by atoms with Gasteiger partial charge in [-0.05, 0) is 37.7 Å². The van der Waals surface area contributed by atoms with Crippen molar-refractivity contribution in [2.24, 2.45) is 0 Å². The molecule has 2 N–H and O–H groups in total. The normalized spacial score (nSPS) is 21.9. The molecule has 8 heteroatoms. The Morgan fingerprint density at radius 2 is 2.11 bits per heavy atom. The fourth-order valence-corrected chi connectivity index (χ4v) is 3.97. The zero-order valence-electron chi connectivity index (χ0n) is 15.6. The number of hydrogen-bond donors (Lipinski definition) is 2. The molecule has 28 heavy (non-hydrogen) atoms. The van der Waals surface area contributed by atoms with Gasteiger partial charge in [0, 0.05) is 48.3 Å². The topological polar surface area (TPSA) is 93.0 Å². The molecule has 0 bridgehead atoms. The molecule has 2 aliphatic carbocycles. The number of nitrogens with zero attached hydrogens (tertiary/aromatic N) is 5. The highest BCUT2D eigenvalue weighted by atomic mass is 16.5. The van der Waals surface area contributed by atoms with Crippen molar-refractivity contribution in [3.8, 4) is 11.3 Å². The first-order chi connectivity index (χ1) is 13.8. The van der Waals surface area contributed by atoms with Crippen LogP contribution >= 0.6 is 0 Å². The SMILES string of the molecule is CO[C@H]1C[C@@H](Nc2ncc3c(-c4ccn5ncc(C6CC6)c5n4)c[nH]c3n2)C1. The van der Waals surface area contributed by atoms with Crippen LogP contribution in [0.15, 0.2) is 30.9 Å². The maximum atomic E-state index is 5.33. The van der Waals surface area contributed by atoms with Gasteiger partial charge in [-0.2, -0.15) is 10.1 Å². The van der Waals surface area contributed by atoms with Crippen LogP contribution in [0, 0.1) is 0 Å². The molecule has 4 aromatic heterocycles. The van der Waals surface area contributed by atoms with Crippen molar-refractivity contribution in [2.45, 2.75) is 43.7 Å². The number of aromatic amines is 1. The molecule has 0 amide bonds. The Morgan fingerprint density at radius 1 is 1.21 bits per heavy atom. The lowest BCUT2D eigenvalue weighted by atomic mass is 9.89. The van der Waals surface area contributed by atoms with Crippen LogP contribution in [0.2, 0.25) is 0 Å². The summed E-state index contributed by atoms with van der Waals surface area (Å²) < 4.78 is 7.19. The van der Waals surface area contributed by atoms with E-state index in [0.717, 1.165) is 40.8 Å². The quantitative estimate of drug-likeness (QED) is 0.557. The van der Waals surface area contributed by atoms with E-state index in [1.54, 1.807) is 7.11 Å². The van der Waals surface area contributed by atoms with Gasteiger partial charge in [-0.25, -0.2) is 14.5 Å². The molecule has 0 aliphatic heterocycles. The van der Waals surface area contributed by atoms with Crippen LogP contribution in [0.1, 0.15) is 37.2 Å². The van der Waals surface area contributed by atoms with Gasteiger partial charge >= 0.3 is 0 Å². The van der Waals surface area contributed by atoms with Gasteiger partial charge in [0.15, 0.2) is 5.65 Å². The van der Waals surface area contributed by atoms with Gasteiger partial charge in [-0.15, -0.1) is 0 Å². The Hall–Kier alpha value is -3.00. The largest absolute Gasteiger partial charge is 0.381 e. The number of methoxy groups -OCH3 is 1. The third-order valence-corrected chi connectivity index (χ3v) is 5.88. The van der Waals surface area contributed by atoms with Gasteiger partial charge in [-0.1, -0.05) is 0 Å². The molecule has 0 radical (unpaired) electrons. The predicted octanol–water partition coefficient (Wildman–Crippen LogP) is 3.13. The van der Waals surface area contributed by atoms with Crippen molar-refractivity contribution >= 4 is 22.6 Å². The number of ether oxygens (including phenoxy) is 1. The van der Waals surface area contributed by atoms with Crippen molar-refractivity contribution in [3.63, 3.8) is 0 Å². The average molecular weight is 375 g/mol. The minimum absolute atomic E-state index is 0.350. The van der Waals surface area contributed by atoms with E-state index in [1.165, 1.54) is 18.4 Å². The molecule has 0 unspecified atom stereocenters. The first-order valence-corrected chi connectivity index (χ1v) is 9.76. The molecule has 4 aromatic rings. The average Bonchev–Trinajstić information content (AvgIpc) is 3.30. The monoisotopic (exact) mass is 375 g/mol. The van der Waals surface area contributed by atoms with E-state index in [2.05, 4.69) is 25.4 Å². The van der Waals surface area contributed by atoms with Gasteiger partial charge < -0.3 is 15.0 Å². The van der Waals surface area contributed by atoms with E-state index in [0.29, 0.717) is 24.0 Å². The van der Waals surface area contributed by atoms with Gasteiger partial charge in [0.2, 0.25) is 5.95 Å². The minimum atomic E-state index is 0.350. The molecule has 142 valence electrons. The van der Waals surface area contributed by atoms with E-state index in [4.69, 9.17) is 9.72 Å². The van der Waals surface area contributed by atoms with Crippen LogP contribution in [-0.2, 0) is 4.74 Å². The second kappa shape index (κ2) is 6.00. The second-order valence-electron chi connectivity index (χ2n) is 7.78. The summed E-state index contributed by atoms with van der Waals surface area (Å²) in [5, 5.41) is 8.79. The third kappa shape index (κ3) is 2.56. The summed E-state index contributed by atoms with van der Waals surface area (Å²) in [6.07, 6.45) is 12.6. The number of aromatic nitrogens is 6. The summed E-state index contributed by atoms with van der Waals surface area (Å²) >= 11 is 0. The van der Waals surface area contributed by atoms with Gasteiger partial charge in [-0.3, -0.25) is 0 Å². The number of H-pyrrole nitrogens is 1. The highest BCUT2D eigenvalue weighted by Crippen LogP contribution is 2.41. The number of hydrogen-bond acceptors (Lipinski definition) is 6. The van der Waals surface area contributed by atoms with Crippen molar-refractivity contribution < 1.29 is 4.74 Å². The molecule has 0 aromatic carbocycles. The number of fused-ring (bicyclic) bond motifs is 2. The van der Waals surface area contributed by atoms with Gasteiger partial charge in [0.05, 0.1) is 18.0 Å². The van der Waals surface area contributed by atoms with E-state index >= 15 is 0 Å². The molecule has 0 atom stereocenters. The van der Waals surface area contributed by atoms with Crippen LogP contribution < -0.4 is 5.32 Å². The standard InChI is InChI=1S/C20H21N7O/c1-28-13-6-12(7-13)24-20-22-9-16-15(8-21-18(16)26-20)17-4-5-27-19(25-17)14(10-23-27)11-2-3-11/h4-5,8-13H,2-3,6-7H2,1H3,(H2,21,22,24,26)/t12-,13+. The van der Waals surface area contributed by atoms with E-state index in [-0.39, 0.29) is 0 Å². The zero-order chi connectivity index (χ0) is 18.7. The molecular formula is C20H21N7O. The van der Waals surface area contributed by atoms with Gasteiger partial charge in [0.25, 0.3) is 0 Å². The minimum Gasteiger partial charge on any atom is -0.381 e. The molecule has 6 rings (SSSR count). The summed E-state index contributed by atoms with van der Waals surface area (Å²) in [5.74, 6) is 1.26. The highest BCUT2D eigenvalue weighted by molar-refractivity contribution is 5.92. The van der Waals surface area contributed by atoms with Crippen LogP contribution in [0.25, 0.3) is 27.9 Å². The first-order valence-electron chi connectivity index (χ1n) is 9.76. The number of nitrogens with one attached hydrogen (secondary N) is 2. The van der Waals surface area contributed by atoms with Crippen LogP contribution in [0.3, 0.4) is 0 Å². The maximum Gasteiger partial charge on any atom is 0.224 e. The van der Waals surface area contributed by atoms with Crippen LogP contribution in [-0.4, -0.2) is 48.8 Å². The second-order valence-corrected chi connectivity index (χ2v) is 7.78. The molecule has 2 saturated carbocycles. The molecule has 0 spiro atoms. The molecule has 2 fully saturated rings. The Kier molecular flexibility index (Phi) is 3.43. The summed E-state index contributed by atoms with van der Waals surface area (Å²) in [4.78, 5) is 17.3. The fourth-order valence-electron chi connectivity index (χ4n) is 3.97. The van der Waals surface area contributed by atoms with Crippen molar-refractivity contribution in [1.82, 2.24) is 29.5 Å². The summed E-state index contributed by atoms with van der Waals surface area (Å²) in [5.41, 5.74) is 4.93. The van der Waals surface area contributed by atoms with Crippen LogP contribution in [0.4, 0.5) is 5.95 Å². The lowest BCUT2D eigenvalue weighted by Crippen LogP contribution is -2.40. The lowest BCUT2D eigenvalue weighted by Gasteiger charge is -2.34. The van der Waals surface area contributed by atoms with Crippen molar-refractivity contribution in [1.29, 1.82) is 0 Å². The van der Waals surface area contributed by atoms with Crippen molar-refractivity contribution in [3.05, 3.63) is 36.4 Å². The molecule has 2 aliphatic rings. The third-order valence-electron chi connectivity index (χ3n) is 5.88. The zero-order valence-corrected chi connectivity index (χ0v) is 15.6. The molecular weight excluding hydrogens is 354 g/mol. The summed E-state index contributed by atoms with van der Waals surface area (Å²) in [6, 6.07) is 2.37. The Morgan fingerprint density at radius 3 is 2.93 bits per heavy atom. The summed E-state index contributed by atoms with van der Waals surface area (Å²) in [6.45, 7) is 0. The highest BCUT2D eigenvalue weighted by Gasteiger charge is 2.30. The predicted molar refractivity (Wildman–Crippen MR) is 105 cm³/mol. The summed E-state index contributed by atoms with van der Waals surface area (Å²) in [7, 11) is 1.76. The molecule has 8 nitrogen and oxygen atoms in total. The van der Waals surface area contributed by atoms with Gasteiger partial charge in [0.1, 0.15) is 5.65 Å². The smallest absolute Gasteiger partial charge is 0.224 e. The molecule has 0 saturated heterocycles. The first kappa shape index (κ1) is 16.0. The van der Waals surface area contributed by atoms with E-state index in [9.17, 15) is 0 Å². The number of rotatable bonds is 5. The van der Waals surface area contributed by atoms with Crippen LogP contribution in [0.5, 0.6) is 0 Å². The van der Waals surface area contributed by atoms with Crippen molar-refractivity contribution in [2.75, 3.05) is 12.4 Å². The Balaban J connectivity index is 1.32. The number of anilines is 1.